The molecule has 0 spiro atoms. The van der Waals surface area contributed by atoms with E-state index in [4.69, 9.17) is 11.6 Å². The summed E-state index contributed by atoms with van der Waals surface area (Å²) in [5.74, 6) is -0.604. The summed E-state index contributed by atoms with van der Waals surface area (Å²) in [4.78, 5) is 8.18. The average Bonchev–Trinajstić information content (AvgIpc) is 3.24. The molecule has 2 bridgehead atoms. The molecule has 0 radical (unpaired) electrons. The molecular formula is C29H28ClF5N8. The maximum Gasteiger partial charge on any atom is 0.395 e. The highest BCUT2D eigenvalue weighted by atomic mass is 35.5. The van der Waals surface area contributed by atoms with Crippen molar-refractivity contribution in [3.63, 3.8) is 0 Å². The number of halogens is 6. The molecule has 1 aliphatic heterocycles. The summed E-state index contributed by atoms with van der Waals surface area (Å²) in [6, 6.07) is 6.88. The van der Waals surface area contributed by atoms with Gasteiger partial charge in [0.15, 0.2) is 0 Å². The smallest absolute Gasteiger partial charge is 0.382 e. The van der Waals surface area contributed by atoms with Gasteiger partial charge in [0.1, 0.15) is 11.8 Å². The number of nitrogens with zero attached hydrogens (tertiary/aromatic N) is 4. The minimum absolute atomic E-state index is 0.0263. The van der Waals surface area contributed by atoms with Crippen molar-refractivity contribution >= 4 is 33.9 Å². The Morgan fingerprint density at radius 2 is 1.93 bits per heavy atom. The second-order valence-electron chi connectivity index (χ2n) is 12.1. The van der Waals surface area contributed by atoms with Crippen LogP contribution in [-0.2, 0) is 0 Å². The lowest BCUT2D eigenvalue weighted by Crippen LogP contribution is -2.70. The van der Waals surface area contributed by atoms with Crippen LogP contribution in [0.4, 0.5) is 33.3 Å². The molecule has 1 aromatic carbocycles. The third-order valence-corrected chi connectivity index (χ3v) is 9.01. The number of rotatable bonds is 8. The molecular weight excluding hydrogens is 591 g/mol. The predicted octanol–water partition coefficient (Wildman–Crippen LogP) is 6.77. The van der Waals surface area contributed by atoms with Gasteiger partial charge in [-0.05, 0) is 64.2 Å². The van der Waals surface area contributed by atoms with Gasteiger partial charge < -0.3 is 16.1 Å². The fourth-order valence-electron chi connectivity index (χ4n) is 5.91. The molecule has 7 rings (SSSR count). The lowest BCUT2D eigenvalue weighted by atomic mass is 9.49. The Bertz CT molecular complexity index is 1680. The van der Waals surface area contributed by atoms with Gasteiger partial charge in [0.2, 0.25) is 11.9 Å². The van der Waals surface area contributed by atoms with Crippen LogP contribution in [0.25, 0.3) is 10.9 Å². The molecule has 3 fully saturated rings. The highest BCUT2D eigenvalue weighted by Gasteiger charge is 2.62. The first-order valence-electron chi connectivity index (χ1n) is 13.7. The Balaban J connectivity index is 1.42. The number of nitrogens with one attached hydrogen (secondary N) is 4. The number of hydrogen-bond acceptors (Lipinski definition) is 8. The third kappa shape index (κ3) is 4.86. The molecule has 1 atom stereocenters. The van der Waals surface area contributed by atoms with Crippen LogP contribution in [0.1, 0.15) is 56.0 Å². The van der Waals surface area contributed by atoms with Crippen LogP contribution in [0.3, 0.4) is 0 Å². The summed E-state index contributed by atoms with van der Waals surface area (Å²) >= 11 is 6.60. The fraction of sp³-hybridized carbons (Fsp3) is 0.414. The minimum Gasteiger partial charge on any atom is -0.382 e. The molecule has 14 heteroatoms. The number of alkyl halides is 3. The first kappa shape index (κ1) is 29.2. The molecule has 0 unspecified atom stereocenters. The molecule has 2 aromatic heterocycles. The van der Waals surface area contributed by atoms with E-state index < -0.39 is 36.1 Å². The zero-order valence-corrected chi connectivity index (χ0v) is 24.2. The highest BCUT2D eigenvalue weighted by Crippen LogP contribution is 2.61. The number of pyridine rings is 2. The van der Waals surface area contributed by atoms with Crippen LogP contribution in [0.2, 0.25) is 5.02 Å². The summed E-state index contributed by atoms with van der Waals surface area (Å²) in [5, 5.41) is 17.7. The topological polar surface area (TPSA) is 101 Å². The Labute approximate surface area is 249 Å². The monoisotopic (exact) mass is 618 g/mol. The van der Waals surface area contributed by atoms with Gasteiger partial charge in [-0.15, -0.1) is 5.53 Å². The quantitative estimate of drug-likeness (QED) is 0.125. The minimum atomic E-state index is -4.50. The maximum absolute atomic E-state index is 16.0. The number of fused-ring (bicyclic) bond motifs is 1. The number of aryl methyl sites for hydroxylation is 1. The molecule has 43 heavy (non-hydrogen) atoms. The lowest BCUT2D eigenvalue weighted by Gasteiger charge is -2.64. The van der Waals surface area contributed by atoms with Crippen molar-refractivity contribution in [3.05, 3.63) is 69.9 Å². The first-order chi connectivity index (χ1) is 20.2. The predicted molar refractivity (Wildman–Crippen MR) is 151 cm³/mol. The van der Waals surface area contributed by atoms with Crippen molar-refractivity contribution in [3.8, 4) is 6.07 Å². The molecule has 0 amide bonds. The summed E-state index contributed by atoms with van der Waals surface area (Å²) < 4.78 is 70.8. The largest absolute Gasteiger partial charge is 0.395 e. The Kier molecular flexibility index (Phi) is 6.85. The normalized spacial score (nSPS) is 22.0. The van der Waals surface area contributed by atoms with Crippen molar-refractivity contribution < 1.29 is 22.0 Å². The van der Waals surface area contributed by atoms with E-state index in [1.165, 1.54) is 23.3 Å². The zero-order valence-electron chi connectivity index (χ0n) is 23.4. The van der Waals surface area contributed by atoms with Crippen LogP contribution in [0.5, 0.6) is 0 Å². The Morgan fingerprint density at radius 3 is 2.53 bits per heavy atom. The van der Waals surface area contributed by atoms with Crippen molar-refractivity contribution in [1.82, 2.24) is 25.9 Å². The zero-order chi connectivity index (χ0) is 30.9. The molecule has 3 aromatic rings. The van der Waals surface area contributed by atoms with Crippen LogP contribution >= 0.6 is 11.6 Å². The van der Waals surface area contributed by atoms with Crippen molar-refractivity contribution in [1.29, 1.82) is 5.26 Å². The molecule has 3 heterocycles. The molecule has 3 aliphatic carbocycles. The molecule has 226 valence electrons. The van der Waals surface area contributed by atoms with E-state index in [2.05, 4.69) is 31.6 Å². The number of hydrogen-bond donors (Lipinski definition) is 4. The number of aromatic nitrogens is 2. The SMILES string of the molecule is Cc1nc(F)ccc1[C@H](Nc1cc(Cl)c2ncc(C#N)c(NCC(C)(C)C(F)(F)F)c2c1)C1=C(F)N(C23CC(C2)C3)NN1. The van der Waals surface area contributed by atoms with Gasteiger partial charge in [-0.2, -0.15) is 27.2 Å². The Morgan fingerprint density at radius 1 is 1.21 bits per heavy atom. The molecule has 0 saturated heterocycles. The standard InChI is InChI=1S/C29H28ClF5N8/c1-14-18(4-5-21(31)39-14)24(25-26(32)43(42-41-25)28-8-15(9-28)10-28)40-17-6-19-22(38-13-27(2,3)29(33,34)35)16(11-36)12-37-23(19)20(30)7-17/h4-7,12,15,24,40-42H,8-10,13H2,1-3H3,(H,37,38)/t15?,24-,28?/m0/s1. The van der Waals surface area contributed by atoms with E-state index in [1.807, 2.05) is 6.07 Å². The fourth-order valence-corrected chi connectivity index (χ4v) is 6.18. The van der Waals surface area contributed by atoms with E-state index in [0.29, 0.717) is 28.2 Å². The summed E-state index contributed by atoms with van der Waals surface area (Å²) in [5.41, 5.74) is 5.19. The van der Waals surface area contributed by atoms with E-state index in [0.717, 1.165) is 33.1 Å². The van der Waals surface area contributed by atoms with E-state index in [9.17, 15) is 22.8 Å². The second kappa shape index (κ2) is 10.1. The number of hydrazine groups is 2. The number of anilines is 2. The average molecular weight is 619 g/mol. The van der Waals surface area contributed by atoms with Crippen LogP contribution in [0, 0.1) is 35.5 Å². The number of nitriles is 1. The van der Waals surface area contributed by atoms with Crippen molar-refractivity contribution in [2.75, 3.05) is 17.2 Å². The van der Waals surface area contributed by atoms with Crippen LogP contribution in [0.15, 0.2) is 42.1 Å². The van der Waals surface area contributed by atoms with Crippen molar-refractivity contribution in [2.45, 2.75) is 57.8 Å². The molecule has 8 nitrogen and oxygen atoms in total. The molecule has 3 saturated carbocycles. The third-order valence-electron chi connectivity index (χ3n) is 8.72. The van der Waals surface area contributed by atoms with E-state index in [-0.39, 0.29) is 33.0 Å². The second-order valence-corrected chi connectivity index (χ2v) is 12.5. The van der Waals surface area contributed by atoms with Gasteiger partial charge >= 0.3 is 6.18 Å². The number of benzene rings is 1. The highest BCUT2D eigenvalue weighted by molar-refractivity contribution is 6.35. The van der Waals surface area contributed by atoms with Gasteiger partial charge in [-0.3, -0.25) is 9.99 Å². The first-order valence-corrected chi connectivity index (χ1v) is 14.0. The van der Waals surface area contributed by atoms with E-state index >= 15 is 4.39 Å². The maximum atomic E-state index is 16.0. The molecule has 4 aliphatic rings. The van der Waals surface area contributed by atoms with Gasteiger partial charge in [-0.1, -0.05) is 17.7 Å². The Hall–Kier alpha value is -3.89. The molecule has 4 N–H and O–H groups in total. The summed E-state index contributed by atoms with van der Waals surface area (Å²) in [6.07, 6.45) is -0.608. The summed E-state index contributed by atoms with van der Waals surface area (Å²) in [7, 11) is 0. The van der Waals surface area contributed by atoms with Gasteiger partial charge in [0.05, 0.1) is 38.8 Å². The van der Waals surface area contributed by atoms with E-state index in [1.54, 1.807) is 19.1 Å². The van der Waals surface area contributed by atoms with Crippen LogP contribution in [-0.4, -0.2) is 33.2 Å². The van der Waals surface area contributed by atoms with Gasteiger partial charge in [-0.25, -0.2) is 4.98 Å². The lowest BCUT2D eigenvalue weighted by molar-refractivity contribution is -0.206. The van der Waals surface area contributed by atoms with Gasteiger partial charge in [0.25, 0.3) is 0 Å². The van der Waals surface area contributed by atoms with Gasteiger partial charge in [0, 0.05) is 35.1 Å². The van der Waals surface area contributed by atoms with Crippen molar-refractivity contribution in [2.24, 2.45) is 11.3 Å². The summed E-state index contributed by atoms with van der Waals surface area (Å²) in [6.45, 7) is 3.20. The van der Waals surface area contributed by atoms with Crippen LogP contribution < -0.4 is 21.6 Å².